The first kappa shape index (κ1) is 27.4. The van der Waals surface area contributed by atoms with E-state index in [1.54, 1.807) is 0 Å². The van der Waals surface area contributed by atoms with Gasteiger partial charge in [0.2, 0.25) is 0 Å². The fraction of sp³-hybridized carbons (Fsp3) is 1.00. The molecule has 21 heteroatoms. The quantitative estimate of drug-likeness (QED) is 0.328. The van der Waals surface area contributed by atoms with Crippen LogP contribution >= 0.6 is 53.2 Å². The molecule has 0 aromatic carbocycles. The lowest BCUT2D eigenvalue weighted by molar-refractivity contribution is 0.284. The highest BCUT2D eigenvalue weighted by Crippen LogP contribution is 2.79. The second kappa shape index (κ2) is 8.35. The number of rotatable bonds is 0. The van der Waals surface area contributed by atoms with Crippen molar-refractivity contribution in [3.8, 4) is 0 Å². The summed E-state index contributed by atoms with van der Waals surface area (Å²) in [4.78, 5) is 0. The van der Waals surface area contributed by atoms with Crippen molar-refractivity contribution in [1.82, 2.24) is 0 Å². The van der Waals surface area contributed by atoms with Crippen molar-refractivity contribution in [2.45, 2.75) is 0 Å². The molecule has 0 spiro atoms. The van der Waals surface area contributed by atoms with Gasteiger partial charge in [0.25, 0.3) is 0 Å². The van der Waals surface area contributed by atoms with Crippen LogP contribution in [0.5, 0.6) is 0 Å². The molecule has 2 fully saturated rings. The van der Waals surface area contributed by atoms with Crippen LogP contribution in [0.2, 0.25) is 0 Å². The lowest BCUT2D eigenvalue weighted by Crippen LogP contribution is -2.01. The third-order valence-electron chi connectivity index (χ3n) is 2.08. The van der Waals surface area contributed by atoms with Crippen LogP contribution in [0.3, 0.4) is 0 Å². The molecule has 2 aliphatic rings. The van der Waals surface area contributed by atoms with Gasteiger partial charge in [0.05, 0.1) is 0 Å². The Hall–Kier alpha value is 1.33. The second-order valence-corrected chi connectivity index (χ2v) is 21.3. The van der Waals surface area contributed by atoms with Gasteiger partial charge in [-0.15, -0.1) is 0 Å². The van der Waals surface area contributed by atoms with E-state index < -0.39 is 53.2 Å². The highest BCUT2D eigenvalue weighted by molar-refractivity contribution is 7.80. The molecule has 0 saturated carbocycles. The Morgan fingerprint density at radius 2 is 0.357 bits per heavy atom. The van der Waals surface area contributed by atoms with E-state index in [-0.39, 0.29) is 0 Å². The fourth-order valence-corrected chi connectivity index (χ4v) is 19.8. The molecular formula is C7H21O14P7. The molecule has 0 aromatic rings. The van der Waals surface area contributed by atoms with Crippen molar-refractivity contribution in [1.29, 1.82) is 0 Å². The van der Waals surface area contributed by atoms with Gasteiger partial charge >= 0.3 is 53.2 Å². The maximum atomic E-state index is 11.6. The van der Waals surface area contributed by atoms with Crippen LogP contribution < -0.4 is 0 Å². The summed E-state index contributed by atoms with van der Waals surface area (Å²) < 4.78 is 112. The number of hydrogen-bond acceptors (Lipinski definition) is 14. The Labute approximate surface area is 162 Å². The van der Waals surface area contributed by atoms with Crippen molar-refractivity contribution >= 4 is 53.2 Å². The molecule has 2 heterocycles. The summed E-state index contributed by atoms with van der Waals surface area (Å²) >= 11 is 0. The zero-order valence-corrected chi connectivity index (χ0v) is 22.1. The maximum Gasteiger partial charge on any atom is 0.341 e. The predicted molar refractivity (Wildman–Crippen MR) is 102 cm³/mol. The van der Waals surface area contributed by atoms with Crippen LogP contribution in [0.25, 0.3) is 0 Å². The summed E-state index contributed by atoms with van der Waals surface area (Å²) in [6.45, 7) is 7.18. The van der Waals surface area contributed by atoms with Crippen molar-refractivity contribution in [2.75, 3.05) is 46.7 Å². The van der Waals surface area contributed by atoms with Crippen LogP contribution in [-0.2, 0) is 62.1 Å². The minimum absolute atomic E-state index is 0.970. The van der Waals surface area contributed by atoms with Gasteiger partial charge in [-0.05, 0) is 0 Å². The maximum absolute atomic E-state index is 11.6. The molecule has 168 valence electrons. The van der Waals surface area contributed by atoms with Crippen LogP contribution in [0.1, 0.15) is 0 Å². The summed E-state index contributed by atoms with van der Waals surface area (Å²) in [6.07, 6.45) is 0. The van der Waals surface area contributed by atoms with E-state index in [1.807, 2.05) is 0 Å². The summed E-state index contributed by atoms with van der Waals surface area (Å²) in [5.41, 5.74) is 0. The smallest absolute Gasteiger partial charge is 0.259 e. The molecule has 0 radical (unpaired) electrons. The van der Waals surface area contributed by atoms with Crippen molar-refractivity contribution < 1.29 is 62.1 Å². The average Bonchev–Trinajstić information content (AvgIpc) is 2.10. The van der Waals surface area contributed by atoms with Gasteiger partial charge in [0, 0.05) is 46.7 Å². The Kier molecular flexibility index (Phi) is 8.16. The van der Waals surface area contributed by atoms with E-state index in [0.717, 1.165) is 46.7 Å². The molecule has 0 N–H and O–H groups in total. The third-order valence-corrected chi connectivity index (χ3v) is 18.7. The van der Waals surface area contributed by atoms with Crippen LogP contribution in [-0.4, -0.2) is 46.7 Å². The van der Waals surface area contributed by atoms with Gasteiger partial charge in [-0.25, -0.2) is 30.2 Å². The normalized spacial score (nSPS) is 55.2. The molecular weight excluding hydrogens is 525 g/mol. The molecule has 0 amide bonds. The van der Waals surface area contributed by atoms with E-state index in [2.05, 4.69) is 30.2 Å². The van der Waals surface area contributed by atoms with E-state index in [0.29, 0.717) is 0 Å². The first-order chi connectivity index (χ1) is 11.9. The van der Waals surface area contributed by atoms with E-state index >= 15 is 0 Å². The van der Waals surface area contributed by atoms with E-state index in [1.165, 1.54) is 0 Å². The lowest BCUT2D eigenvalue weighted by atomic mass is 12.0. The molecule has 0 aromatic heterocycles. The van der Waals surface area contributed by atoms with Gasteiger partial charge in [-0.2, -0.15) is 0 Å². The second-order valence-electron chi connectivity index (χ2n) is 5.97. The van der Waals surface area contributed by atoms with E-state index in [4.69, 9.17) is 0 Å². The Morgan fingerprint density at radius 3 is 0.429 bits per heavy atom. The molecule has 0 unspecified atom stereocenters. The largest absolute Gasteiger partial charge is 0.341 e. The van der Waals surface area contributed by atoms with Gasteiger partial charge in [0.1, 0.15) is 0 Å². The zero-order valence-electron chi connectivity index (χ0n) is 15.8. The Morgan fingerprint density at radius 1 is 0.286 bits per heavy atom. The van der Waals surface area contributed by atoms with Gasteiger partial charge < -0.3 is 0 Å². The van der Waals surface area contributed by atoms with Crippen molar-refractivity contribution in [2.24, 2.45) is 0 Å². The Bertz CT molecular complexity index is 783. The van der Waals surface area contributed by atoms with Gasteiger partial charge in [-0.3, -0.25) is 32.0 Å². The van der Waals surface area contributed by atoms with Crippen molar-refractivity contribution in [3.05, 3.63) is 0 Å². The standard InChI is InChI=1S/C4H12O8P4.C3H9O6P3/c1-13(5)9-14(2,6)11-16(4,8)12-15(3,7)10-13;1-10(4)7-11(2,5)9-12(3,6)8-10/h1-4H3;1-3H3. The highest BCUT2D eigenvalue weighted by atomic mass is 31.3. The lowest BCUT2D eigenvalue weighted by Gasteiger charge is -2.28. The SMILES string of the molecule is CP1(=O)OP(C)(=O)OP(C)(=O)O1.CP1(=O)OP(C)(=O)OP(C)(=O)OP(C)(=O)O1. The number of hydrogen-bond donors (Lipinski definition) is 0. The first-order valence-corrected chi connectivity index (χ1v) is 20.9. The summed E-state index contributed by atoms with van der Waals surface area (Å²) in [6, 6.07) is 0. The summed E-state index contributed by atoms with van der Waals surface area (Å²) in [7, 11) is -25.9. The minimum atomic E-state index is -3.85. The molecule has 0 bridgehead atoms. The zero-order chi connectivity index (χ0) is 22.4. The fourth-order valence-electron chi connectivity index (χ4n) is 1.99. The molecule has 14 nitrogen and oxygen atoms in total. The summed E-state index contributed by atoms with van der Waals surface area (Å²) in [5.74, 6) is 0. The predicted octanol–water partition coefficient (Wildman–Crippen LogP) is 5.88. The van der Waals surface area contributed by atoms with Gasteiger partial charge in [0.15, 0.2) is 0 Å². The minimum Gasteiger partial charge on any atom is -0.259 e. The average molecular weight is 546 g/mol. The molecule has 2 aliphatic heterocycles. The van der Waals surface area contributed by atoms with Crippen LogP contribution in [0, 0.1) is 0 Å². The monoisotopic (exact) mass is 546 g/mol. The first-order valence-electron chi connectivity index (χ1n) is 6.96. The molecule has 0 aliphatic carbocycles. The van der Waals surface area contributed by atoms with Crippen molar-refractivity contribution in [3.63, 3.8) is 0 Å². The molecule has 2 rings (SSSR count). The molecule has 28 heavy (non-hydrogen) atoms. The van der Waals surface area contributed by atoms with Gasteiger partial charge in [-0.1, -0.05) is 0 Å². The third kappa shape index (κ3) is 10.1. The van der Waals surface area contributed by atoms with Crippen LogP contribution in [0.15, 0.2) is 0 Å². The summed E-state index contributed by atoms with van der Waals surface area (Å²) in [5, 5.41) is 0. The topological polar surface area (TPSA) is 184 Å². The van der Waals surface area contributed by atoms with Crippen LogP contribution in [0.4, 0.5) is 0 Å². The Balaban J connectivity index is 0.000000292. The molecule has 2 saturated heterocycles. The van der Waals surface area contributed by atoms with E-state index in [9.17, 15) is 32.0 Å². The molecule has 0 atom stereocenters. The highest BCUT2D eigenvalue weighted by Gasteiger charge is 2.46.